The van der Waals surface area contributed by atoms with E-state index in [-0.39, 0.29) is 30.9 Å². The van der Waals surface area contributed by atoms with Crippen LogP contribution in [-0.4, -0.2) is 64.7 Å². The first-order valence-electron chi connectivity index (χ1n) is 11.6. The Balaban J connectivity index is 1.43. The number of thioether (sulfide) groups is 1. The van der Waals surface area contributed by atoms with Gasteiger partial charge < -0.3 is 20.1 Å². The second kappa shape index (κ2) is 10.5. The van der Waals surface area contributed by atoms with E-state index in [1.54, 1.807) is 4.90 Å². The molecule has 2 N–H and O–H groups in total. The average molecular weight is 483 g/mol. The van der Waals surface area contributed by atoms with Crippen LogP contribution in [0.15, 0.2) is 48.5 Å². The van der Waals surface area contributed by atoms with E-state index in [2.05, 4.69) is 29.6 Å². The molecule has 1 saturated heterocycles. The smallest absolute Gasteiger partial charge is 0.407 e. The minimum atomic E-state index is -0.924. The van der Waals surface area contributed by atoms with Crippen LogP contribution in [0.3, 0.4) is 0 Å². The lowest BCUT2D eigenvalue weighted by Gasteiger charge is -2.34. The number of hydrogen-bond acceptors (Lipinski definition) is 5. The largest absolute Gasteiger partial charge is 0.480 e. The molecule has 0 spiro atoms. The molecule has 1 fully saturated rings. The molecule has 2 aliphatic rings. The second-order valence-electron chi connectivity index (χ2n) is 8.82. The molecule has 8 heteroatoms. The highest BCUT2D eigenvalue weighted by atomic mass is 32.2. The number of rotatable bonds is 7. The Hall–Kier alpha value is -3.00. The molecule has 2 unspecified atom stereocenters. The zero-order valence-corrected chi connectivity index (χ0v) is 20.2. The van der Waals surface area contributed by atoms with Crippen molar-refractivity contribution in [2.24, 2.45) is 5.92 Å². The molecule has 180 valence electrons. The van der Waals surface area contributed by atoms with Crippen LogP contribution < -0.4 is 5.32 Å². The molecule has 0 radical (unpaired) electrons. The van der Waals surface area contributed by atoms with Crippen molar-refractivity contribution in [2.75, 3.05) is 25.4 Å². The van der Waals surface area contributed by atoms with Crippen molar-refractivity contribution in [1.82, 2.24) is 10.2 Å². The zero-order chi connectivity index (χ0) is 24.2. The van der Waals surface area contributed by atoms with Crippen molar-refractivity contribution >= 4 is 29.7 Å². The normalized spacial score (nSPS) is 19.0. The molecule has 1 aliphatic heterocycles. The maximum absolute atomic E-state index is 13.2. The third-order valence-electron chi connectivity index (χ3n) is 6.75. The van der Waals surface area contributed by atoms with Crippen molar-refractivity contribution in [2.45, 2.75) is 37.5 Å². The Morgan fingerprint density at radius 3 is 2.32 bits per heavy atom. The maximum atomic E-state index is 13.2. The lowest BCUT2D eigenvalue weighted by molar-refractivity contribution is -0.139. The van der Waals surface area contributed by atoms with E-state index in [0.29, 0.717) is 18.7 Å². The molecule has 2 amide bonds. The van der Waals surface area contributed by atoms with Gasteiger partial charge in [0.05, 0.1) is 0 Å². The van der Waals surface area contributed by atoms with Crippen LogP contribution in [0.1, 0.15) is 37.3 Å². The van der Waals surface area contributed by atoms with Gasteiger partial charge in [-0.2, -0.15) is 0 Å². The molecule has 3 atom stereocenters. The lowest BCUT2D eigenvalue weighted by atomic mass is 9.97. The molecule has 7 nitrogen and oxygen atoms in total. The Kier molecular flexibility index (Phi) is 7.46. The van der Waals surface area contributed by atoms with Crippen LogP contribution in [0.5, 0.6) is 0 Å². The summed E-state index contributed by atoms with van der Waals surface area (Å²) in [7, 11) is 0. The molecule has 34 heavy (non-hydrogen) atoms. The monoisotopic (exact) mass is 482 g/mol. The van der Waals surface area contributed by atoms with Gasteiger partial charge in [-0.25, -0.2) is 4.79 Å². The van der Waals surface area contributed by atoms with Crippen molar-refractivity contribution in [3.8, 4) is 11.1 Å². The van der Waals surface area contributed by atoms with E-state index in [4.69, 9.17) is 4.74 Å². The highest BCUT2D eigenvalue weighted by molar-refractivity contribution is 8.00. The number of ether oxygens (including phenoxy) is 1. The minimum Gasteiger partial charge on any atom is -0.480 e. The number of carbonyl (C=O) groups excluding carboxylic acids is 2. The molecule has 0 aromatic heterocycles. The van der Waals surface area contributed by atoms with Crippen molar-refractivity contribution < 1.29 is 24.2 Å². The average Bonchev–Trinajstić information content (AvgIpc) is 3.19. The number of nitrogens with one attached hydrogen (secondary N) is 1. The summed E-state index contributed by atoms with van der Waals surface area (Å²) in [4.78, 5) is 39.0. The molecule has 0 saturated carbocycles. The first kappa shape index (κ1) is 24.1. The fourth-order valence-electron chi connectivity index (χ4n) is 4.65. The summed E-state index contributed by atoms with van der Waals surface area (Å²) in [5, 5.41) is 11.5. The van der Waals surface area contributed by atoms with Gasteiger partial charge in [-0.1, -0.05) is 68.8 Å². The summed E-state index contributed by atoms with van der Waals surface area (Å²) < 4.78 is 5.64. The molecule has 0 bridgehead atoms. The van der Waals surface area contributed by atoms with Crippen LogP contribution >= 0.6 is 11.8 Å². The molecule has 4 rings (SSSR count). The summed E-state index contributed by atoms with van der Waals surface area (Å²) in [6, 6.07) is 15.5. The standard InChI is InChI=1S/C26H30N2O5S/c1-3-16(2)23(24(29)28-12-13-34-22(14-28)25(30)31)27-26(32)33-15-21-19-10-6-4-8-17(19)18-9-5-7-11-20(18)21/h4-11,16,21-23H,3,12-15H2,1-2H3,(H,27,32)(H,30,31)/t16?,22?,23-/m0/s1. The van der Waals surface area contributed by atoms with Gasteiger partial charge in [-0.3, -0.25) is 9.59 Å². The third-order valence-corrected chi connectivity index (χ3v) is 7.92. The quantitative estimate of drug-likeness (QED) is 0.620. The fourth-order valence-corrected chi connectivity index (χ4v) is 5.68. The number of alkyl carbamates (subject to hydrolysis) is 1. The van der Waals surface area contributed by atoms with E-state index < -0.39 is 23.4 Å². The number of carbonyl (C=O) groups is 3. The number of carboxylic acid groups (broad SMARTS) is 1. The Morgan fingerprint density at radius 1 is 1.12 bits per heavy atom. The minimum absolute atomic E-state index is 0.0636. The number of amides is 2. The molecular weight excluding hydrogens is 452 g/mol. The Morgan fingerprint density at radius 2 is 1.74 bits per heavy atom. The van der Waals surface area contributed by atoms with E-state index in [0.717, 1.165) is 22.3 Å². The van der Waals surface area contributed by atoms with Gasteiger partial charge in [0.15, 0.2) is 0 Å². The lowest BCUT2D eigenvalue weighted by Crippen LogP contribution is -2.55. The van der Waals surface area contributed by atoms with E-state index in [1.165, 1.54) is 11.8 Å². The van der Waals surface area contributed by atoms with Gasteiger partial charge in [0.2, 0.25) is 5.91 Å². The topological polar surface area (TPSA) is 95.9 Å². The van der Waals surface area contributed by atoms with Gasteiger partial charge in [0, 0.05) is 24.8 Å². The molecule has 2 aromatic rings. The Bertz CT molecular complexity index is 1030. The predicted molar refractivity (Wildman–Crippen MR) is 132 cm³/mol. The summed E-state index contributed by atoms with van der Waals surface area (Å²) in [5.41, 5.74) is 4.54. The summed E-state index contributed by atoms with van der Waals surface area (Å²) >= 11 is 1.34. The van der Waals surface area contributed by atoms with Gasteiger partial charge in [0.25, 0.3) is 0 Å². The molecule has 2 aromatic carbocycles. The summed E-state index contributed by atoms with van der Waals surface area (Å²) in [5.74, 6) is -0.806. The highest BCUT2D eigenvalue weighted by Gasteiger charge is 2.36. The van der Waals surface area contributed by atoms with Gasteiger partial charge in [0.1, 0.15) is 17.9 Å². The first-order valence-corrected chi connectivity index (χ1v) is 12.7. The maximum Gasteiger partial charge on any atom is 0.407 e. The zero-order valence-electron chi connectivity index (χ0n) is 19.4. The van der Waals surface area contributed by atoms with Gasteiger partial charge in [-0.05, 0) is 28.2 Å². The number of fused-ring (bicyclic) bond motifs is 3. The van der Waals surface area contributed by atoms with Crippen LogP contribution in [0, 0.1) is 5.92 Å². The number of nitrogens with zero attached hydrogens (tertiary/aromatic N) is 1. The Labute approximate surface area is 203 Å². The number of aliphatic carboxylic acids is 1. The number of benzene rings is 2. The molecular formula is C26H30N2O5S. The van der Waals surface area contributed by atoms with Crippen LogP contribution in [0.25, 0.3) is 11.1 Å². The van der Waals surface area contributed by atoms with Crippen molar-refractivity contribution in [1.29, 1.82) is 0 Å². The van der Waals surface area contributed by atoms with E-state index >= 15 is 0 Å². The number of carboxylic acids is 1. The van der Waals surface area contributed by atoms with Crippen molar-refractivity contribution in [3.05, 3.63) is 59.7 Å². The van der Waals surface area contributed by atoms with E-state index in [1.807, 2.05) is 38.1 Å². The molecule has 1 aliphatic carbocycles. The second-order valence-corrected chi connectivity index (χ2v) is 10.1. The molecule has 1 heterocycles. The van der Waals surface area contributed by atoms with Gasteiger partial charge >= 0.3 is 12.1 Å². The predicted octanol–water partition coefficient (Wildman–Crippen LogP) is 3.97. The number of hydrogen-bond donors (Lipinski definition) is 2. The SMILES string of the molecule is CCC(C)[C@H](NC(=O)OCC1c2ccccc2-c2ccccc21)C(=O)N1CCSC(C(=O)O)C1. The first-order chi connectivity index (χ1) is 16.4. The van der Waals surface area contributed by atoms with Crippen molar-refractivity contribution in [3.63, 3.8) is 0 Å². The van der Waals surface area contributed by atoms with Gasteiger partial charge in [-0.15, -0.1) is 11.8 Å². The summed E-state index contributed by atoms with van der Waals surface area (Å²) in [6.45, 7) is 4.63. The highest BCUT2D eigenvalue weighted by Crippen LogP contribution is 2.44. The van der Waals surface area contributed by atoms with Crippen LogP contribution in [-0.2, 0) is 14.3 Å². The fraction of sp³-hybridized carbons (Fsp3) is 0.423. The van der Waals surface area contributed by atoms with E-state index in [9.17, 15) is 19.5 Å². The summed E-state index contributed by atoms with van der Waals surface area (Å²) in [6.07, 6.45) is 0.0482. The van der Waals surface area contributed by atoms with Crippen LogP contribution in [0.4, 0.5) is 4.79 Å². The third kappa shape index (κ3) is 4.92. The van der Waals surface area contributed by atoms with Crippen LogP contribution in [0.2, 0.25) is 0 Å².